The highest BCUT2D eigenvalue weighted by Crippen LogP contribution is 2.06. The van der Waals surface area contributed by atoms with Crippen LogP contribution in [0, 0.1) is 0 Å². The van der Waals surface area contributed by atoms with Gasteiger partial charge in [-0.25, -0.2) is 0 Å². The van der Waals surface area contributed by atoms with Crippen LogP contribution in [0.4, 0.5) is 0 Å². The molecule has 0 aromatic rings. The van der Waals surface area contributed by atoms with Gasteiger partial charge >= 0.3 is 0 Å². The van der Waals surface area contributed by atoms with Gasteiger partial charge in [0.1, 0.15) is 15.4 Å². The van der Waals surface area contributed by atoms with E-state index >= 15 is 0 Å². The molecule has 3 nitrogen and oxygen atoms in total. The van der Waals surface area contributed by atoms with Crippen molar-refractivity contribution >= 4 is 9.52 Å². The van der Waals surface area contributed by atoms with Crippen molar-refractivity contribution in [2.45, 2.75) is 18.8 Å². The molecule has 0 amide bonds. The summed E-state index contributed by atoms with van der Waals surface area (Å²) in [6.45, 7) is 2.57. The summed E-state index contributed by atoms with van der Waals surface area (Å²) < 4.78 is 10.3. The zero-order valence-electron chi connectivity index (χ0n) is 8.08. The van der Waals surface area contributed by atoms with Crippen molar-refractivity contribution in [2.24, 2.45) is 0 Å². The number of nitrogens with zero attached hydrogens (tertiary/aromatic N) is 1. The third kappa shape index (κ3) is 3.22. The van der Waals surface area contributed by atoms with Crippen LogP contribution in [0.1, 0.15) is 12.8 Å². The van der Waals surface area contributed by atoms with E-state index in [1.54, 1.807) is 14.2 Å². The van der Waals surface area contributed by atoms with Crippen molar-refractivity contribution in [1.82, 2.24) is 4.90 Å². The van der Waals surface area contributed by atoms with Crippen molar-refractivity contribution < 1.29 is 9.47 Å². The van der Waals surface area contributed by atoms with Gasteiger partial charge in [-0.15, -0.1) is 0 Å². The van der Waals surface area contributed by atoms with E-state index in [1.807, 2.05) is 0 Å². The minimum Gasteiger partial charge on any atom is -0.360 e. The molecule has 4 heteroatoms. The van der Waals surface area contributed by atoms with E-state index in [0.29, 0.717) is 0 Å². The minimum atomic E-state index is -0.223. The van der Waals surface area contributed by atoms with E-state index in [4.69, 9.17) is 9.47 Å². The van der Waals surface area contributed by atoms with Gasteiger partial charge in [0.25, 0.3) is 0 Å². The number of ether oxygens (including phenoxy) is 2. The Hall–Kier alpha value is 0.0969. The number of hydrogen-bond donors (Lipinski definition) is 0. The first-order valence-electron chi connectivity index (χ1n) is 4.64. The average molecular weight is 189 g/mol. The molecule has 0 aromatic heterocycles. The van der Waals surface area contributed by atoms with Gasteiger partial charge in [-0.2, -0.15) is 0 Å². The summed E-state index contributed by atoms with van der Waals surface area (Å²) in [7, 11) is 3.23. The second-order valence-corrected chi connectivity index (χ2v) is 4.93. The normalized spacial score (nSPS) is 20.2. The lowest BCUT2D eigenvalue weighted by Gasteiger charge is -2.18. The third-order valence-electron chi connectivity index (χ3n) is 2.41. The Balaban J connectivity index is 2.06. The van der Waals surface area contributed by atoms with Crippen LogP contribution < -0.4 is 0 Å². The molecule has 1 fully saturated rings. The van der Waals surface area contributed by atoms with Gasteiger partial charge in [0.2, 0.25) is 0 Å². The summed E-state index contributed by atoms with van der Waals surface area (Å²) in [6.07, 6.45) is 3.99. The molecule has 0 spiro atoms. The molecule has 72 valence electrons. The van der Waals surface area contributed by atoms with E-state index in [2.05, 4.69) is 4.90 Å². The molecule has 0 bridgehead atoms. The maximum atomic E-state index is 5.17. The predicted molar refractivity (Wildman–Crippen MR) is 52.0 cm³/mol. The van der Waals surface area contributed by atoms with Crippen LogP contribution in [-0.4, -0.2) is 53.8 Å². The summed E-state index contributed by atoms with van der Waals surface area (Å²) in [4.78, 5) is 2.53. The van der Waals surface area contributed by atoms with Crippen molar-refractivity contribution in [3.8, 4) is 0 Å². The maximum absolute atomic E-state index is 5.17. The smallest absolute Gasteiger partial charge is 0.135 e. The molecule has 1 saturated heterocycles. The van der Waals surface area contributed by atoms with Crippen molar-refractivity contribution in [2.75, 3.05) is 33.5 Å². The van der Waals surface area contributed by atoms with Crippen LogP contribution in [0.2, 0.25) is 0 Å². The SMILES string of the molecule is COC(OC)[SiH2]CN1CCCC1. The molecular weight excluding hydrogens is 170 g/mol. The molecule has 1 aliphatic rings. The van der Waals surface area contributed by atoms with E-state index in [1.165, 1.54) is 32.1 Å². The lowest BCUT2D eigenvalue weighted by molar-refractivity contribution is -0.0447. The molecule has 0 aromatic carbocycles. The fraction of sp³-hybridized carbons (Fsp3) is 1.00. The van der Waals surface area contributed by atoms with E-state index in [0.717, 1.165) is 0 Å². The second kappa shape index (κ2) is 5.69. The third-order valence-corrected chi connectivity index (χ3v) is 4.43. The highest BCUT2D eigenvalue weighted by Gasteiger charge is 2.14. The zero-order chi connectivity index (χ0) is 8.81. The van der Waals surface area contributed by atoms with Crippen LogP contribution in [0.5, 0.6) is 0 Å². The summed E-state index contributed by atoms with van der Waals surface area (Å²) in [5.74, 6) is 0.116. The van der Waals surface area contributed by atoms with Gasteiger partial charge in [0.05, 0.1) is 0 Å². The highest BCUT2D eigenvalue weighted by molar-refractivity contribution is 6.36. The molecule has 0 atom stereocenters. The molecule has 12 heavy (non-hydrogen) atoms. The van der Waals surface area contributed by atoms with Crippen molar-refractivity contribution in [3.05, 3.63) is 0 Å². The molecule has 0 unspecified atom stereocenters. The first-order valence-corrected chi connectivity index (χ1v) is 6.46. The number of methoxy groups -OCH3 is 2. The average Bonchev–Trinajstić information content (AvgIpc) is 2.59. The quantitative estimate of drug-likeness (QED) is 0.441. The lowest BCUT2D eigenvalue weighted by Crippen LogP contribution is -2.33. The Kier molecular flexibility index (Phi) is 4.83. The first-order chi connectivity index (χ1) is 5.86. The van der Waals surface area contributed by atoms with Crippen LogP contribution >= 0.6 is 0 Å². The fourth-order valence-corrected chi connectivity index (χ4v) is 3.12. The molecule has 1 aliphatic heterocycles. The first kappa shape index (κ1) is 10.2. The second-order valence-electron chi connectivity index (χ2n) is 3.24. The Morgan fingerprint density at radius 1 is 1.25 bits per heavy atom. The predicted octanol–water partition coefficient (Wildman–Crippen LogP) is -0.215. The van der Waals surface area contributed by atoms with Crippen LogP contribution in [0.25, 0.3) is 0 Å². The number of hydrogen-bond acceptors (Lipinski definition) is 3. The van der Waals surface area contributed by atoms with Gasteiger partial charge in [-0.05, 0) is 32.1 Å². The zero-order valence-corrected chi connectivity index (χ0v) is 9.50. The molecule has 0 aliphatic carbocycles. The van der Waals surface area contributed by atoms with Gasteiger partial charge in [0.15, 0.2) is 0 Å². The summed E-state index contributed by atoms with van der Waals surface area (Å²) in [5.41, 5.74) is 0. The molecular formula is C8H19NO2Si. The standard InChI is InChI=1S/C8H19NO2Si/c1-10-8(11-2)12-7-9-5-3-4-6-9/h8H,3-7,12H2,1-2H3. The van der Waals surface area contributed by atoms with Gasteiger partial charge in [-0.1, -0.05) is 0 Å². The highest BCUT2D eigenvalue weighted by atomic mass is 28.2. The van der Waals surface area contributed by atoms with Crippen LogP contribution in [0.3, 0.4) is 0 Å². The van der Waals surface area contributed by atoms with Gasteiger partial charge < -0.3 is 14.4 Å². The Labute approximate surface area is 76.8 Å². The van der Waals surface area contributed by atoms with Crippen LogP contribution in [-0.2, 0) is 9.47 Å². The summed E-state index contributed by atoms with van der Waals surface area (Å²) in [6, 6.07) is 0. The van der Waals surface area contributed by atoms with Crippen molar-refractivity contribution in [3.63, 3.8) is 0 Å². The molecule has 1 heterocycles. The van der Waals surface area contributed by atoms with E-state index in [9.17, 15) is 0 Å². The van der Waals surface area contributed by atoms with E-state index < -0.39 is 0 Å². The Morgan fingerprint density at radius 3 is 2.33 bits per heavy atom. The fourth-order valence-electron chi connectivity index (χ4n) is 1.63. The van der Waals surface area contributed by atoms with E-state index in [-0.39, 0.29) is 15.4 Å². The summed E-state index contributed by atoms with van der Waals surface area (Å²) in [5, 5.41) is 0. The molecule has 0 saturated carbocycles. The van der Waals surface area contributed by atoms with Crippen LogP contribution in [0.15, 0.2) is 0 Å². The largest absolute Gasteiger partial charge is 0.360 e. The Morgan fingerprint density at radius 2 is 1.83 bits per heavy atom. The summed E-state index contributed by atoms with van der Waals surface area (Å²) >= 11 is 0. The molecule has 1 rings (SSSR count). The lowest BCUT2D eigenvalue weighted by atomic mass is 10.4. The van der Waals surface area contributed by atoms with Crippen molar-refractivity contribution in [1.29, 1.82) is 0 Å². The van der Waals surface area contributed by atoms with Gasteiger partial charge in [0, 0.05) is 14.2 Å². The Bertz CT molecular complexity index is 112. The maximum Gasteiger partial charge on any atom is 0.135 e. The number of rotatable bonds is 5. The topological polar surface area (TPSA) is 21.7 Å². The monoisotopic (exact) mass is 189 g/mol. The minimum absolute atomic E-state index is 0.116. The number of likely N-dealkylation sites (tertiary alicyclic amines) is 1. The molecule has 0 radical (unpaired) electrons. The van der Waals surface area contributed by atoms with Gasteiger partial charge in [-0.3, -0.25) is 0 Å². The molecule has 0 N–H and O–H groups in total.